The van der Waals surface area contributed by atoms with Gasteiger partial charge in [0, 0.05) is 24.9 Å². The minimum Gasteiger partial charge on any atom is -0.544 e. The van der Waals surface area contributed by atoms with Crippen molar-refractivity contribution in [2.24, 2.45) is 0 Å². The van der Waals surface area contributed by atoms with Gasteiger partial charge in [-0.25, -0.2) is 0 Å². The summed E-state index contributed by atoms with van der Waals surface area (Å²) in [4.78, 5) is 23.7. The zero-order valence-corrected chi connectivity index (χ0v) is 14.2. The predicted octanol–water partition coefficient (Wildman–Crippen LogP) is -5.31. The fraction of sp³-hybridized carbons (Fsp3) is 0.417. The van der Waals surface area contributed by atoms with E-state index >= 15 is 0 Å². The van der Waals surface area contributed by atoms with E-state index in [1.807, 2.05) is 31.4 Å². The largest absolute Gasteiger partial charge is 2.00 e. The number of aliphatic carboxylic acids is 2. The Morgan fingerprint density at radius 3 is 1.91 bits per heavy atom. The molecule has 0 fully saturated rings. The van der Waals surface area contributed by atoms with Crippen LogP contribution >= 0.6 is 0 Å². The molecule has 0 aliphatic rings. The maximum Gasteiger partial charge on any atom is 2.00 e. The van der Waals surface area contributed by atoms with Crippen molar-refractivity contribution >= 4 is 11.9 Å². The molecule has 0 spiro atoms. The molecule has 0 unspecified atom stereocenters. The standard InChI is InChI=1S/C8H12N2.C4H6O8.Pt/c1-9-7-5-8-4-2-3-6-10-8;5-1(6)3(9,10)4(11,12)2(7)8;/h2-4,6,9H,5,7H2,1H3;9-12H,(H,5,6)(H,7,8);/q;;+2/p-2. The number of aliphatic hydroxyl groups is 4. The van der Waals surface area contributed by atoms with Crippen LogP contribution < -0.4 is 15.5 Å². The van der Waals surface area contributed by atoms with E-state index in [-0.39, 0.29) is 21.1 Å². The third-order valence-corrected chi connectivity index (χ3v) is 2.41. The summed E-state index contributed by atoms with van der Waals surface area (Å²) in [6.45, 7) is 0.997. The first-order valence-electron chi connectivity index (χ1n) is 5.94. The van der Waals surface area contributed by atoms with Crippen molar-refractivity contribution in [3.8, 4) is 0 Å². The first-order chi connectivity index (χ1) is 10.1. The molecule has 0 radical (unpaired) electrons. The number of rotatable bonds is 6. The van der Waals surface area contributed by atoms with E-state index < -0.39 is 23.5 Å². The Hall–Kier alpha value is -1.42. The third-order valence-electron chi connectivity index (χ3n) is 2.41. The molecule has 11 heteroatoms. The number of hydrogen-bond acceptors (Lipinski definition) is 10. The van der Waals surface area contributed by atoms with Gasteiger partial charge in [-0.15, -0.1) is 0 Å². The van der Waals surface area contributed by atoms with Crippen LogP contribution in [0.4, 0.5) is 0 Å². The van der Waals surface area contributed by atoms with Gasteiger partial charge in [-0.3, -0.25) is 4.98 Å². The Balaban J connectivity index is 0. The Morgan fingerprint density at radius 2 is 1.61 bits per heavy atom. The summed E-state index contributed by atoms with van der Waals surface area (Å²) in [7, 11) is 1.95. The summed E-state index contributed by atoms with van der Waals surface area (Å²) in [5.74, 6) is -14.2. The van der Waals surface area contributed by atoms with Crippen LogP contribution in [0.5, 0.6) is 0 Å². The van der Waals surface area contributed by atoms with E-state index in [0.29, 0.717) is 0 Å². The molecule has 0 atom stereocenters. The Labute approximate surface area is 145 Å². The smallest absolute Gasteiger partial charge is 0.544 e. The molecule has 132 valence electrons. The second-order valence-corrected chi connectivity index (χ2v) is 4.09. The van der Waals surface area contributed by atoms with Gasteiger partial charge < -0.3 is 45.5 Å². The van der Waals surface area contributed by atoms with Gasteiger partial charge in [-0.2, -0.15) is 0 Å². The second kappa shape index (κ2) is 10.4. The molecule has 0 saturated carbocycles. The summed E-state index contributed by atoms with van der Waals surface area (Å²) in [6, 6.07) is 5.98. The van der Waals surface area contributed by atoms with Crippen LogP contribution in [-0.2, 0) is 37.1 Å². The monoisotopic (exact) mass is 511 g/mol. The SMILES string of the molecule is CNCCc1ccccn1.O=C([O-])C(O)(O)C(O)(O)C(=O)[O-].[Pt+2]. The van der Waals surface area contributed by atoms with Gasteiger partial charge in [0.05, 0.1) is 0 Å². The number of carbonyl (C=O) groups excluding carboxylic acids is 2. The van der Waals surface area contributed by atoms with Gasteiger partial charge in [-0.05, 0) is 19.2 Å². The van der Waals surface area contributed by atoms with E-state index in [0.717, 1.165) is 18.7 Å². The summed E-state index contributed by atoms with van der Waals surface area (Å²) in [5, 5.41) is 55.6. The molecular formula is C12H16N2O8Pt. The molecule has 1 rings (SSSR count). The zero-order chi connectivity index (χ0) is 17.4. The number of likely N-dealkylation sites (N-methyl/N-ethyl adjacent to an activating group) is 1. The van der Waals surface area contributed by atoms with Crippen molar-refractivity contribution in [1.29, 1.82) is 0 Å². The van der Waals surface area contributed by atoms with Gasteiger partial charge >= 0.3 is 21.1 Å². The number of carboxylic acids is 2. The normalized spacial score (nSPS) is 10.8. The van der Waals surface area contributed by atoms with E-state index in [2.05, 4.69) is 10.3 Å². The van der Waals surface area contributed by atoms with Crippen LogP contribution in [-0.4, -0.2) is 62.5 Å². The van der Waals surface area contributed by atoms with E-state index in [1.54, 1.807) is 0 Å². The van der Waals surface area contributed by atoms with Crippen LogP contribution in [0, 0.1) is 0 Å². The fourth-order valence-electron chi connectivity index (χ4n) is 1.08. The van der Waals surface area contributed by atoms with Crippen LogP contribution in [0.3, 0.4) is 0 Å². The van der Waals surface area contributed by atoms with Gasteiger partial charge in [0.2, 0.25) is 0 Å². The molecule has 0 bridgehead atoms. The molecule has 0 aliphatic heterocycles. The zero-order valence-electron chi connectivity index (χ0n) is 11.9. The number of pyridine rings is 1. The summed E-state index contributed by atoms with van der Waals surface area (Å²) < 4.78 is 0. The Morgan fingerprint density at radius 1 is 1.13 bits per heavy atom. The second-order valence-electron chi connectivity index (χ2n) is 4.09. The topological polar surface area (TPSA) is 186 Å². The number of nitrogens with one attached hydrogen (secondary N) is 1. The molecule has 0 aromatic carbocycles. The van der Waals surface area contributed by atoms with Crippen LogP contribution in [0.25, 0.3) is 0 Å². The van der Waals surface area contributed by atoms with Gasteiger partial charge in [0.25, 0.3) is 11.6 Å². The average Bonchev–Trinajstić information content (AvgIpc) is 2.46. The molecule has 0 saturated heterocycles. The number of carboxylic acid groups (broad SMARTS) is 2. The summed E-state index contributed by atoms with van der Waals surface area (Å²) in [6.07, 6.45) is 2.84. The molecule has 10 nitrogen and oxygen atoms in total. The molecule has 1 aromatic heterocycles. The first kappa shape index (κ1) is 23.8. The van der Waals surface area contributed by atoms with Crippen LogP contribution in [0.2, 0.25) is 0 Å². The quantitative estimate of drug-likeness (QED) is 0.231. The van der Waals surface area contributed by atoms with Gasteiger partial charge in [-0.1, -0.05) is 6.07 Å². The van der Waals surface area contributed by atoms with E-state index in [1.165, 1.54) is 0 Å². The van der Waals surface area contributed by atoms with Crippen LogP contribution in [0.1, 0.15) is 5.69 Å². The van der Waals surface area contributed by atoms with Crippen LogP contribution in [0.15, 0.2) is 24.4 Å². The minimum atomic E-state index is -4.33. The molecule has 1 heterocycles. The number of hydrogen-bond donors (Lipinski definition) is 5. The van der Waals surface area contributed by atoms with Crippen molar-refractivity contribution in [3.63, 3.8) is 0 Å². The molecule has 1 aromatic rings. The third kappa shape index (κ3) is 7.12. The maximum atomic E-state index is 9.75. The summed E-state index contributed by atoms with van der Waals surface area (Å²) in [5.41, 5.74) is 1.15. The van der Waals surface area contributed by atoms with E-state index in [9.17, 15) is 19.8 Å². The van der Waals surface area contributed by atoms with Gasteiger partial charge in [0.15, 0.2) is 0 Å². The molecule has 0 amide bonds. The Kier molecular flexibility index (Phi) is 10.7. The van der Waals surface area contributed by atoms with Crippen molar-refractivity contribution in [2.75, 3.05) is 13.6 Å². The van der Waals surface area contributed by atoms with Crippen molar-refractivity contribution < 1.29 is 61.3 Å². The molecule has 5 N–H and O–H groups in total. The average molecular weight is 511 g/mol. The molecule has 0 aliphatic carbocycles. The number of aromatic nitrogens is 1. The predicted molar refractivity (Wildman–Crippen MR) is 66.2 cm³/mol. The van der Waals surface area contributed by atoms with Crippen molar-refractivity contribution in [1.82, 2.24) is 10.3 Å². The minimum absolute atomic E-state index is 0. The van der Waals surface area contributed by atoms with Crippen molar-refractivity contribution in [2.45, 2.75) is 18.0 Å². The maximum absolute atomic E-state index is 9.75. The fourth-order valence-corrected chi connectivity index (χ4v) is 1.08. The molecular weight excluding hydrogens is 495 g/mol. The summed E-state index contributed by atoms with van der Waals surface area (Å²) >= 11 is 0. The van der Waals surface area contributed by atoms with Crippen molar-refractivity contribution in [3.05, 3.63) is 30.1 Å². The number of nitrogens with zero attached hydrogens (tertiary/aromatic N) is 1. The Bertz CT molecular complexity index is 471. The molecule has 23 heavy (non-hydrogen) atoms. The number of carbonyl (C=O) groups is 2. The van der Waals surface area contributed by atoms with Gasteiger partial charge in [0.1, 0.15) is 11.9 Å². The first-order valence-corrected chi connectivity index (χ1v) is 5.94. The van der Waals surface area contributed by atoms with E-state index in [4.69, 9.17) is 20.4 Å².